The average Bonchev–Trinajstić information content (AvgIpc) is 3.52. The highest BCUT2D eigenvalue weighted by molar-refractivity contribution is 9.09. The molecule has 0 saturated carbocycles. The Balaban J connectivity index is 1.80. The summed E-state index contributed by atoms with van der Waals surface area (Å²) in [5.74, 6) is -2.18. The summed E-state index contributed by atoms with van der Waals surface area (Å²) in [6, 6.07) is 8.47. The molecular weight excluding hydrogens is 610 g/mol. The molecule has 3 fully saturated rings. The van der Waals surface area contributed by atoms with Gasteiger partial charge in [0.25, 0.3) is 0 Å². The summed E-state index contributed by atoms with van der Waals surface area (Å²) < 4.78 is 6.77. The van der Waals surface area contributed by atoms with Crippen LogP contribution in [0, 0.1) is 17.3 Å². The minimum atomic E-state index is -1.15. The second kappa shape index (κ2) is 12.9. The van der Waals surface area contributed by atoms with E-state index in [4.69, 9.17) is 4.74 Å². The summed E-state index contributed by atoms with van der Waals surface area (Å²) in [6.07, 6.45) is 5.07. The molecule has 0 aliphatic carbocycles. The van der Waals surface area contributed by atoms with Crippen molar-refractivity contribution in [1.29, 1.82) is 0 Å². The van der Waals surface area contributed by atoms with Gasteiger partial charge in [0.1, 0.15) is 11.6 Å². The van der Waals surface area contributed by atoms with Gasteiger partial charge in [-0.15, -0.1) is 13.2 Å². The van der Waals surface area contributed by atoms with Crippen molar-refractivity contribution in [2.45, 2.75) is 88.4 Å². The van der Waals surface area contributed by atoms with Crippen LogP contribution in [0.25, 0.3) is 0 Å². The fraction of sp³-hybridized carbons (Fsp3) is 0.618. The number of carbonyl (C=O) groups is 3. The number of anilines is 1. The summed E-state index contributed by atoms with van der Waals surface area (Å²) in [7, 11) is 0. The Morgan fingerprint density at radius 1 is 1.09 bits per heavy atom. The van der Waals surface area contributed by atoms with Crippen LogP contribution in [0.15, 0.2) is 55.6 Å². The van der Waals surface area contributed by atoms with Crippen LogP contribution in [-0.4, -0.2) is 87.0 Å². The molecule has 1 spiro atoms. The first-order chi connectivity index (χ1) is 20.2. The van der Waals surface area contributed by atoms with E-state index in [1.807, 2.05) is 35.2 Å². The number of para-hydroxylation sites is 1. The van der Waals surface area contributed by atoms with Gasteiger partial charge in [0.2, 0.25) is 17.7 Å². The molecule has 0 aromatic heterocycles. The SMILES string of the molecule is C=CCN(C(=O)[C@H]1[C@H]2C(=O)N(CCCCO)C(C(=O)N(CC=C)C(C)(C)CC(C)(C)C)C23CC(Br)[C@@H]1O3)c1ccccc1. The molecule has 9 heteroatoms. The molecule has 3 amide bonds. The number of benzene rings is 1. The molecule has 236 valence electrons. The number of amides is 3. The van der Waals surface area contributed by atoms with Crippen LogP contribution >= 0.6 is 15.9 Å². The van der Waals surface area contributed by atoms with Gasteiger partial charge >= 0.3 is 0 Å². The van der Waals surface area contributed by atoms with E-state index in [0.29, 0.717) is 38.0 Å². The van der Waals surface area contributed by atoms with E-state index < -0.39 is 35.1 Å². The fourth-order valence-corrected chi connectivity index (χ4v) is 8.81. The van der Waals surface area contributed by atoms with Crippen molar-refractivity contribution in [2.24, 2.45) is 17.3 Å². The van der Waals surface area contributed by atoms with Crippen LogP contribution in [0.4, 0.5) is 5.69 Å². The van der Waals surface area contributed by atoms with Crippen LogP contribution in [0.1, 0.15) is 60.3 Å². The van der Waals surface area contributed by atoms with E-state index >= 15 is 0 Å². The fourth-order valence-electron chi connectivity index (χ4n) is 7.87. The van der Waals surface area contributed by atoms with Crippen molar-refractivity contribution in [3.8, 4) is 0 Å². The summed E-state index contributed by atoms with van der Waals surface area (Å²) in [5, 5.41) is 9.51. The zero-order chi connectivity index (χ0) is 31.7. The third-order valence-corrected chi connectivity index (χ3v) is 9.88. The van der Waals surface area contributed by atoms with E-state index in [1.54, 1.807) is 22.0 Å². The molecule has 1 aromatic rings. The van der Waals surface area contributed by atoms with E-state index in [1.165, 1.54) is 0 Å². The van der Waals surface area contributed by atoms with Gasteiger partial charge in [-0.2, -0.15) is 0 Å². The smallest absolute Gasteiger partial charge is 0.249 e. The molecule has 4 rings (SSSR count). The van der Waals surface area contributed by atoms with E-state index in [9.17, 15) is 19.5 Å². The minimum Gasteiger partial charge on any atom is -0.396 e. The van der Waals surface area contributed by atoms with Gasteiger partial charge in [-0.3, -0.25) is 14.4 Å². The second-order valence-corrected chi connectivity index (χ2v) is 15.2. The third kappa shape index (κ3) is 6.22. The van der Waals surface area contributed by atoms with Crippen molar-refractivity contribution in [1.82, 2.24) is 9.80 Å². The van der Waals surface area contributed by atoms with Crippen molar-refractivity contribution in [3.05, 3.63) is 55.6 Å². The number of nitrogens with zero attached hydrogens (tertiary/aromatic N) is 3. The summed E-state index contributed by atoms with van der Waals surface area (Å²) in [5.41, 5.74) is -1.02. The molecule has 6 atom stereocenters. The van der Waals surface area contributed by atoms with E-state index in [0.717, 1.165) is 6.42 Å². The number of hydrogen-bond acceptors (Lipinski definition) is 5. The Morgan fingerprint density at radius 3 is 2.33 bits per heavy atom. The number of alkyl halides is 1. The molecule has 0 radical (unpaired) electrons. The van der Waals surface area contributed by atoms with Crippen LogP contribution in [0.3, 0.4) is 0 Å². The lowest BCUT2D eigenvalue weighted by Gasteiger charge is -2.45. The second-order valence-electron chi connectivity index (χ2n) is 14.0. The maximum absolute atomic E-state index is 14.9. The molecule has 43 heavy (non-hydrogen) atoms. The predicted molar refractivity (Wildman–Crippen MR) is 173 cm³/mol. The number of ether oxygens (including phenoxy) is 1. The number of fused-ring (bicyclic) bond motifs is 1. The monoisotopic (exact) mass is 657 g/mol. The number of rotatable bonds is 13. The molecule has 3 aliphatic heterocycles. The first-order valence-electron chi connectivity index (χ1n) is 15.4. The van der Waals surface area contributed by atoms with Gasteiger partial charge in [0, 0.05) is 42.3 Å². The Hall–Kier alpha value is -2.49. The van der Waals surface area contributed by atoms with Gasteiger partial charge in [0.15, 0.2) is 0 Å². The maximum Gasteiger partial charge on any atom is 0.249 e. The Bertz CT molecular complexity index is 1210. The van der Waals surface area contributed by atoms with Crippen molar-refractivity contribution < 1.29 is 24.2 Å². The minimum absolute atomic E-state index is 0.00678. The number of likely N-dealkylation sites (tertiary alicyclic amines) is 1. The average molecular weight is 659 g/mol. The number of unbranched alkanes of at least 4 members (excludes halogenated alkanes) is 1. The first-order valence-corrected chi connectivity index (χ1v) is 16.3. The van der Waals surface area contributed by atoms with Crippen molar-refractivity contribution in [2.75, 3.05) is 31.1 Å². The maximum atomic E-state index is 14.9. The van der Waals surface area contributed by atoms with Crippen molar-refractivity contribution >= 4 is 39.3 Å². The van der Waals surface area contributed by atoms with Gasteiger partial charge < -0.3 is 24.5 Å². The number of aliphatic hydroxyl groups is 1. The lowest BCUT2D eigenvalue weighted by Crippen LogP contribution is -2.61. The Morgan fingerprint density at radius 2 is 1.74 bits per heavy atom. The third-order valence-electron chi connectivity index (χ3n) is 9.03. The molecule has 2 bridgehead atoms. The van der Waals surface area contributed by atoms with Crippen LogP contribution in [0.5, 0.6) is 0 Å². The first kappa shape index (κ1) is 33.4. The molecule has 8 nitrogen and oxygen atoms in total. The van der Waals surface area contributed by atoms with Crippen LogP contribution in [0.2, 0.25) is 0 Å². The normalized spacial score (nSPS) is 28.1. The Labute approximate surface area is 265 Å². The number of halogens is 1. The highest BCUT2D eigenvalue weighted by atomic mass is 79.9. The zero-order valence-corrected chi connectivity index (χ0v) is 27.9. The lowest BCUT2D eigenvalue weighted by atomic mass is 9.70. The summed E-state index contributed by atoms with van der Waals surface area (Å²) in [4.78, 5) is 48.7. The standard InChI is InChI=1S/C34H48BrN3O5/c1-8-17-36(23-15-11-10-12-16-23)29(40)25-26-30(41)37(19-13-14-20-39)28(34(26)21-24(35)27(25)43-34)31(42)38(18-9-2)33(6,7)22-32(3,4)5/h8-12,15-16,24-28,39H,1-2,13-14,17-22H2,3-7H3/t24?,25-,26-,27-,28?,34?/m0/s1. The molecule has 1 N–H and O–H groups in total. The number of hydrogen-bond donors (Lipinski definition) is 1. The van der Waals surface area contributed by atoms with Gasteiger partial charge in [0.05, 0.1) is 17.9 Å². The quantitative estimate of drug-likeness (QED) is 0.184. The molecule has 3 heterocycles. The highest BCUT2D eigenvalue weighted by Gasteiger charge is 2.77. The number of carbonyl (C=O) groups excluding carboxylic acids is 3. The largest absolute Gasteiger partial charge is 0.396 e. The summed E-state index contributed by atoms with van der Waals surface area (Å²) >= 11 is 3.79. The van der Waals surface area contributed by atoms with Crippen LogP contribution < -0.4 is 4.90 Å². The Kier molecular flexibility index (Phi) is 9.99. The molecule has 3 aliphatic rings. The number of aliphatic hydroxyl groups excluding tert-OH is 1. The van der Waals surface area contributed by atoms with Gasteiger partial charge in [-0.1, -0.05) is 67.1 Å². The van der Waals surface area contributed by atoms with Crippen LogP contribution in [-0.2, 0) is 19.1 Å². The topological polar surface area (TPSA) is 90.4 Å². The molecule has 3 unspecified atom stereocenters. The van der Waals surface area contributed by atoms with Crippen molar-refractivity contribution in [3.63, 3.8) is 0 Å². The molecule has 1 aromatic carbocycles. The van der Waals surface area contributed by atoms with E-state index in [2.05, 4.69) is 63.7 Å². The van der Waals surface area contributed by atoms with Gasteiger partial charge in [-0.25, -0.2) is 0 Å². The molecule has 3 saturated heterocycles. The zero-order valence-electron chi connectivity index (χ0n) is 26.3. The lowest BCUT2D eigenvalue weighted by molar-refractivity contribution is -0.152. The predicted octanol–water partition coefficient (Wildman–Crippen LogP) is 4.96. The van der Waals surface area contributed by atoms with Gasteiger partial charge in [-0.05, 0) is 57.1 Å². The van der Waals surface area contributed by atoms with E-state index in [-0.39, 0.29) is 41.1 Å². The summed E-state index contributed by atoms with van der Waals surface area (Å²) in [6.45, 7) is 19.3. The highest BCUT2D eigenvalue weighted by Crippen LogP contribution is 2.60. The molecular formula is C34H48BrN3O5.